The first-order chi connectivity index (χ1) is 16.8. The normalized spacial score (nSPS) is 16.1. The molecule has 1 N–H and O–H groups in total. The predicted octanol–water partition coefficient (Wildman–Crippen LogP) is 2.36. The van der Waals surface area contributed by atoms with Crippen molar-refractivity contribution >= 4 is 16.0 Å². The van der Waals surface area contributed by atoms with E-state index in [1.54, 1.807) is 44.4 Å². The van der Waals surface area contributed by atoms with Crippen molar-refractivity contribution < 1.29 is 27.4 Å². The number of ether oxygens (including phenoxy) is 4. The average molecular weight is 505 g/mol. The molecule has 0 bridgehead atoms. The minimum atomic E-state index is -3.97. The van der Waals surface area contributed by atoms with Crippen molar-refractivity contribution in [2.24, 2.45) is 0 Å². The van der Waals surface area contributed by atoms with Crippen LogP contribution < -0.4 is 14.2 Å². The van der Waals surface area contributed by atoms with Crippen LogP contribution in [0.3, 0.4) is 0 Å². The Bertz CT molecular complexity index is 1250. The molecule has 2 atom stereocenters. The summed E-state index contributed by atoms with van der Waals surface area (Å²) >= 11 is 0. The van der Waals surface area contributed by atoms with Crippen LogP contribution in [0.4, 0.5) is 5.95 Å². The molecule has 4 rings (SSSR count). The zero-order valence-corrected chi connectivity index (χ0v) is 20.9. The molecule has 0 amide bonds. The lowest BCUT2D eigenvalue weighted by molar-refractivity contribution is -0.0518. The van der Waals surface area contributed by atoms with Crippen molar-refractivity contribution in [1.29, 1.82) is 0 Å². The van der Waals surface area contributed by atoms with Crippen LogP contribution >= 0.6 is 0 Å². The zero-order valence-electron chi connectivity index (χ0n) is 20.1. The van der Waals surface area contributed by atoms with E-state index in [-0.39, 0.29) is 11.8 Å². The van der Waals surface area contributed by atoms with E-state index < -0.39 is 27.5 Å². The molecule has 1 fully saturated rings. The Hall–Kier alpha value is -3.29. The number of nitrogens with one attached hydrogen (secondary N) is 1. The van der Waals surface area contributed by atoms with Crippen molar-refractivity contribution in [3.63, 3.8) is 0 Å². The lowest BCUT2D eigenvalue weighted by Gasteiger charge is -2.22. The third-order valence-corrected chi connectivity index (χ3v) is 7.64. The first-order valence-corrected chi connectivity index (χ1v) is 12.5. The summed E-state index contributed by atoms with van der Waals surface area (Å²) in [6.07, 6.45) is 2.47. The summed E-state index contributed by atoms with van der Waals surface area (Å²) in [7, 11) is -0.967. The smallest absolute Gasteiger partial charge is 0.243 e. The minimum absolute atomic E-state index is 0.0641. The highest BCUT2D eigenvalue weighted by atomic mass is 32.2. The van der Waals surface area contributed by atoms with Crippen LogP contribution in [-0.4, -0.2) is 65.8 Å². The summed E-state index contributed by atoms with van der Waals surface area (Å²) in [6, 6.07) is 5.19. The molecule has 3 heterocycles. The van der Waals surface area contributed by atoms with E-state index in [0.29, 0.717) is 36.2 Å². The number of para-hydroxylation sites is 1. The Labute approximate surface area is 203 Å². The molecule has 0 saturated carbocycles. The SMILES string of the molecule is COc1cccc(OC)c1-n1c(NS(=O)(=O)C(C)C(C)c2ncc(C)cn2)nnc1C1OCCO1. The first-order valence-electron chi connectivity index (χ1n) is 11.0. The van der Waals surface area contributed by atoms with Gasteiger partial charge in [-0.05, 0) is 31.5 Å². The molecule has 13 heteroatoms. The van der Waals surface area contributed by atoms with E-state index in [9.17, 15) is 8.42 Å². The molecule has 0 spiro atoms. The highest BCUT2D eigenvalue weighted by Gasteiger charge is 2.34. The van der Waals surface area contributed by atoms with Crippen LogP contribution in [0.1, 0.15) is 43.3 Å². The van der Waals surface area contributed by atoms with E-state index >= 15 is 0 Å². The summed E-state index contributed by atoms with van der Waals surface area (Å²) in [5, 5.41) is 7.41. The summed E-state index contributed by atoms with van der Waals surface area (Å²) in [6.45, 7) is 5.95. The summed E-state index contributed by atoms with van der Waals surface area (Å²) in [5.41, 5.74) is 1.29. The molecule has 0 aliphatic carbocycles. The quantitative estimate of drug-likeness (QED) is 0.462. The number of nitrogens with zero attached hydrogens (tertiary/aromatic N) is 5. The van der Waals surface area contributed by atoms with Gasteiger partial charge in [0.15, 0.2) is 5.82 Å². The van der Waals surface area contributed by atoms with Gasteiger partial charge in [-0.15, -0.1) is 10.2 Å². The number of hydrogen-bond donors (Lipinski definition) is 1. The van der Waals surface area contributed by atoms with Crippen LogP contribution in [0, 0.1) is 6.92 Å². The van der Waals surface area contributed by atoms with E-state index in [0.717, 1.165) is 5.56 Å². The molecule has 2 unspecified atom stereocenters. The second kappa shape index (κ2) is 10.1. The van der Waals surface area contributed by atoms with Gasteiger partial charge in [-0.2, -0.15) is 0 Å². The fourth-order valence-corrected chi connectivity index (χ4v) is 4.86. The third kappa shape index (κ3) is 4.92. The third-order valence-electron chi connectivity index (χ3n) is 5.78. The Kier molecular flexibility index (Phi) is 7.19. The van der Waals surface area contributed by atoms with Gasteiger partial charge < -0.3 is 18.9 Å². The van der Waals surface area contributed by atoms with Crippen molar-refractivity contribution in [2.45, 2.75) is 38.2 Å². The maximum atomic E-state index is 13.4. The summed E-state index contributed by atoms with van der Waals surface area (Å²) in [5.74, 6) is 0.939. The van der Waals surface area contributed by atoms with Crippen LogP contribution in [-0.2, 0) is 19.5 Å². The highest BCUT2D eigenvalue weighted by molar-refractivity contribution is 7.93. The molecule has 0 radical (unpaired) electrons. The van der Waals surface area contributed by atoms with Crippen molar-refractivity contribution in [3.8, 4) is 17.2 Å². The molecule has 35 heavy (non-hydrogen) atoms. The van der Waals surface area contributed by atoms with Gasteiger partial charge >= 0.3 is 0 Å². The van der Waals surface area contributed by atoms with Gasteiger partial charge in [0.05, 0.1) is 32.7 Å². The minimum Gasteiger partial charge on any atom is -0.494 e. The average Bonchev–Trinajstić information content (AvgIpc) is 3.52. The zero-order chi connectivity index (χ0) is 25.2. The fraction of sp³-hybridized carbons (Fsp3) is 0.455. The van der Waals surface area contributed by atoms with Gasteiger partial charge in [0.25, 0.3) is 0 Å². The maximum absolute atomic E-state index is 13.4. The maximum Gasteiger partial charge on any atom is 0.243 e. The molecule has 1 aliphatic rings. The van der Waals surface area contributed by atoms with E-state index in [1.165, 1.54) is 18.8 Å². The predicted molar refractivity (Wildman–Crippen MR) is 126 cm³/mol. The second-order valence-corrected chi connectivity index (χ2v) is 10.1. The van der Waals surface area contributed by atoms with Gasteiger partial charge in [-0.3, -0.25) is 9.29 Å². The molecule has 3 aromatic rings. The summed E-state index contributed by atoms with van der Waals surface area (Å²) < 4.78 is 53.2. The Balaban J connectivity index is 1.76. The molecule has 1 aliphatic heterocycles. The monoisotopic (exact) mass is 504 g/mol. The second-order valence-electron chi connectivity index (χ2n) is 8.06. The van der Waals surface area contributed by atoms with Crippen LogP contribution in [0.15, 0.2) is 30.6 Å². The van der Waals surface area contributed by atoms with Gasteiger partial charge in [0.2, 0.25) is 22.3 Å². The number of aryl methyl sites for hydroxylation is 1. The van der Waals surface area contributed by atoms with E-state index in [4.69, 9.17) is 18.9 Å². The van der Waals surface area contributed by atoms with Gasteiger partial charge in [0.1, 0.15) is 23.0 Å². The summed E-state index contributed by atoms with van der Waals surface area (Å²) in [4.78, 5) is 8.57. The number of hydrogen-bond acceptors (Lipinski definition) is 10. The van der Waals surface area contributed by atoms with Crippen LogP contribution in [0.2, 0.25) is 0 Å². The Morgan fingerprint density at radius 2 is 1.66 bits per heavy atom. The van der Waals surface area contributed by atoms with Crippen LogP contribution in [0.25, 0.3) is 5.69 Å². The highest BCUT2D eigenvalue weighted by Crippen LogP contribution is 2.38. The molecule has 1 saturated heterocycles. The number of rotatable bonds is 9. The van der Waals surface area contributed by atoms with E-state index in [1.807, 2.05) is 6.92 Å². The van der Waals surface area contributed by atoms with Gasteiger partial charge in [-0.25, -0.2) is 18.4 Å². The Morgan fingerprint density at radius 3 is 2.23 bits per heavy atom. The fourth-order valence-electron chi connectivity index (χ4n) is 3.63. The molecular weight excluding hydrogens is 476 g/mol. The van der Waals surface area contributed by atoms with Gasteiger partial charge in [-0.1, -0.05) is 13.0 Å². The molecule has 2 aromatic heterocycles. The largest absolute Gasteiger partial charge is 0.494 e. The molecule has 188 valence electrons. The molecule has 12 nitrogen and oxygen atoms in total. The molecular formula is C22H28N6O6S. The topological polar surface area (TPSA) is 140 Å². The number of benzene rings is 1. The number of sulfonamides is 1. The van der Waals surface area contributed by atoms with Crippen molar-refractivity contribution in [1.82, 2.24) is 24.7 Å². The lowest BCUT2D eigenvalue weighted by Crippen LogP contribution is -2.31. The number of aromatic nitrogens is 5. The number of anilines is 1. The van der Waals surface area contributed by atoms with E-state index in [2.05, 4.69) is 24.9 Å². The van der Waals surface area contributed by atoms with Gasteiger partial charge in [0, 0.05) is 18.3 Å². The first kappa shape index (κ1) is 24.8. The van der Waals surface area contributed by atoms with Crippen molar-refractivity contribution in [3.05, 3.63) is 47.8 Å². The molecule has 1 aromatic carbocycles. The van der Waals surface area contributed by atoms with Crippen molar-refractivity contribution in [2.75, 3.05) is 32.2 Å². The Morgan fingerprint density at radius 1 is 1.06 bits per heavy atom. The number of methoxy groups -OCH3 is 2. The van der Waals surface area contributed by atoms with Crippen LogP contribution in [0.5, 0.6) is 11.5 Å². The lowest BCUT2D eigenvalue weighted by atomic mass is 10.1. The standard InChI is InChI=1S/C22H28N6O6S/c1-13-11-23-19(24-12-13)14(2)15(3)35(29,30)27-22-26-25-20(21-33-9-10-34-21)28(22)18-16(31-4)7-6-8-17(18)32-5/h6-8,11-12,14-15,21H,9-10H2,1-5H3,(H,26,27).